The number of hydrogen-bond acceptors (Lipinski definition) is 5. The van der Waals surface area contributed by atoms with Gasteiger partial charge in [0.25, 0.3) is 5.91 Å². The lowest BCUT2D eigenvalue weighted by atomic mass is 9.82. The number of nitrogens with zero attached hydrogens (tertiary/aromatic N) is 3. The Labute approximate surface area is 145 Å². The van der Waals surface area contributed by atoms with Crippen molar-refractivity contribution in [2.75, 3.05) is 13.2 Å². The zero-order chi connectivity index (χ0) is 17.1. The number of para-hydroxylation sites is 1. The summed E-state index contributed by atoms with van der Waals surface area (Å²) < 4.78 is 5.50. The molecule has 1 amide bonds. The van der Waals surface area contributed by atoms with Crippen molar-refractivity contribution in [2.24, 2.45) is 0 Å². The fraction of sp³-hybridized carbons (Fsp3) is 0.263. The minimum atomic E-state index is -0.467. The Balaban J connectivity index is 1.66. The molecule has 0 bridgehead atoms. The Morgan fingerprint density at radius 1 is 0.920 bits per heavy atom. The van der Waals surface area contributed by atoms with Crippen molar-refractivity contribution in [1.82, 2.24) is 20.5 Å². The summed E-state index contributed by atoms with van der Waals surface area (Å²) in [4.78, 5) is 17.2. The van der Waals surface area contributed by atoms with Crippen LogP contribution in [0.4, 0.5) is 0 Å². The van der Waals surface area contributed by atoms with Crippen LogP contribution in [0.2, 0.25) is 0 Å². The monoisotopic (exact) mass is 334 g/mol. The molecular formula is C19H18N4O2. The van der Waals surface area contributed by atoms with Crippen LogP contribution in [0.1, 0.15) is 29.0 Å². The number of aromatic nitrogens is 3. The number of carbonyl (C=O) groups excluding carboxylic acids is 1. The largest absolute Gasteiger partial charge is 0.381 e. The standard InChI is InChI=1S/C19H18N4O2/c24-18(17-20-15-8-4-5-9-16(15)22-23-17)21-19(10-12-25-13-11-19)14-6-2-1-3-7-14/h1-9H,10-13H2,(H,21,24). The first-order valence-corrected chi connectivity index (χ1v) is 8.32. The first-order valence-electron chi connectivity index (χ1n) is 8.32. The number of carbonyl (C=O) groups is 1. The van der Waals surface area contributed by atoms with E-state index in [2.05, 4.69) is 20.5 Å². The lowest BCUT2D eigenvalue weighted by Gasteiger charge is -2.38. The van der Waals surface area contributed by atoms with E-state index in [0.29, 0.717) is 37.1 Å². The van der Waals surface area contributed by atoms with Gasteiger partial charge in [-0.1, -0.05) is 42.5 Å². The van der Waals surface area contributed by atoms with Gasteiger partial charge in [0.05, 0.1) is 11.1 Å². The molecule has 1 aliphatic heterocycles. The zero-order valence-electron chi connectivity index (χ0n) is 13.7. The highest BCUT2D eigenvalue weighted by molar-refractivity contribution is 5.92. The van der Waals surface area contributed by atoms with Crippen LogP contribution in [0.3, 0.4) is 0 Å². The van der Waals surface area contributed by atoms with Crippen molar-refractivity contribution < 1.29 is 9.53 Å². The molecule has 1 aromatic heterocycles. The summed E-state index contributed by atoms with van der Waals surface area (Å²) in [5.41, 5.74) is 1.93. The SMILES string of the molecule is O=C(NC1(c2ccccc2)CCOCC1)c1nnc2ccccc2n1. The van der Waals surface area contributed by atoms with Gasteiger partial charge in [-0.3, -0.25) is 4.79 Å². The summed E-state index contributed by atoms with van der Waals surface area (Å²) in [6, 6.07) is 17.4. The minimum Gasteiger partial charge on any atom is -0.381 e. The molecule has 0 atom stereocenters. The number of ether oxygens (including phenoxy) is 1. The lowest BCUT2D eigenvalue weighted by molar-refractivity contribution is 0.0342. The average molecular weight is 334 g/mol. The van der Waals surface area contributed by atoms with Gasteiger partial charge >= 0.3 is 0 Å². The highest BCUT2D eigenvalue weighted by Crippen LogP contribution is 2.32. The number of amides is 1. The molecule has 1 fully saturated rings. The Kier molecular flexibility index (Phi) is 4.11. The quantitative estimate of drug-likeness (QED) is 0.796. The predicted octanol–water partition coefficient (Wildman–Crippen LogP) is 2.46. The summed E-state index contributed by atoms with van der Waals surface area (Å²) in [6.45, 7) is 1.21. The molecular weight excluding hydrogens is 316 g/mol. The molecule has 1 N–H and O–H groups in total. The van der Waals surface area contributed by atoms with E-state index in [1.807, 2.05) is 54.6 Å². The number of nitrogens with one attached hydrogen (secondary N) is 1. The fourth-order valence-corrected chi connectivity index (χ4v) is 3.21. The van der Waals surface area contributed by atoms with Gasteiger partial charge in [0.2, 0.25) is 5.82 Å². The molecule has 0 aliphatic carbocycles. The fourth-order valence-electron chi connectivity index (χ4n) is 3.21. The van der Waals surface area contributed by atoms with E-state index in [1.54, 1.807) is 0 Å². The minimum absolute atomic E-state index is 0.0838. The summed E-state index contributed by atoms with van der Waals surface area (Å²) in [7, 11) is 0. The third-order valence-electron chi connectivity index (χ3n) is 4.59. The first-order chi connectivity index (χ1) is 12.3. The molecule has 2 aromatic carbocycles. The van der Waals surface area contributed by atoms with Crippen LogP contribution >= 0.6 is 0 Å². The van der Waals surface area contributed by atoms with Gasteiger partial charge < -0.3 is 10.1 Å². The molecule has 1 saturated heterocycles. The molecule has 1 aliphatic rings. The summed E-state index contributed by atoms with van der Waals surface area (Å²) in [5.74, 6) is -0.232. The molecule has 126 valence electrons. The molecule has 6 nitrogen and oxygen atoms in total. The van der Waals surface area contributed by atoms with Crippen LogP contribution in [-0.4, -0.2) is 34.3 Å². The molecule has 6 heteroatoms. The van der Waals surface area contributed by atoms with E-state index in [-0.39, 0.29) is 11.7 Å². The van der Waals surface area contributed by atoms with E-state index in [1.165, 1.54) is 0 Å². The maximum absolute atomic E-state index is 12.8. The van der Waals surface area contributed by atoms with Crippen molar-refractivity contribution in [1.29, 1.82) is 0 Å². The number of hydrogen-bond donors (Lipinski definition) is 1. The van der Waals surface area contributed by atoms with Crippen LogP contribution in [-0.2, 0) is 10.3 Å². The van der Waals surface area contributed by atoms with Crippen molar-refractivity contribution >= 4 is 16.9 Å². The second-order valence-electron chi connectivity index (χ2n) is 6.14. The second-order valence-corrected chi connectivity index (χ2v) is 6.14. The van der Waals surface area contributed by atoms with E-state index < -0.39 is 5.54 Å². The second kappa shape index (κ2) is 6.57. The Morgan fingerprint density at radius 2 is 1.60 bits per heavy atom. The van der Waals surface area contributed by atoms with Gasteiger partial charge in [0, 0.05) is 13.2 Å². The molecule has 2 heterocycles. The molecule has 0 unspecified atom stereocenters. The van der Waals surface area contributed by atoms with Gasteiger partial charge in [0.1, 0.15) is 5.52 Å². The zero-order valence-corrected chi connectivity index (χ0v) is 13.7. The normalized spacial score (nSPS) is 16.5. The maximum Gasteiger partial charge on any atom is 0.291 e. The first kappa shape index (κ1) is 15.7. The third kappa shape index (κ3) is 3.08. The summed E-state index contributed by atoms with van der Waals surface area (Å²) in [5, 5.41) is 11.2. The topological polar surface area (TPSA) is 77.0 Å². The van der Waals surface area contributed by atoms with E-state index in [0.717, 1.165) is 5.56 Å². The van der Waals surface area contributed by atoms with Gasteiger partial charge in [-0.15, -0.1) is 10.2 Å². The highest BCUT2D eigenvalue weighted by Gasteiger charge is 2.36. The Hall–Kier alpha value is -2.86. The molecule has 3 aromatic rings. The molecule has 4 rings (SSSR count). The van der Waals surface area contributed by atoms with Crippen molar-refractivity contribution in [3.8, 4) is 0 Å². The lowest BCUT2D eigenvalue weighted by Crippen LogP contribution is -2.49. The number of fused-ring (bicyclic) bond motifs is 1. The van der Waals surface area contributed by atoms with Crippen molar-refractivity contribution in [3.63, 3.8) is 0 Å². The number of benzene rings is 2. The molecule has 25 heavy (non-hydrogen) atoms. The van der Waals surface area contributed by atoms with Crippen molar-refractivity contribution in [3.05, 3.63) is 66.0 Å². The summed E-state index contributed by atoms with van der Waals surface area (Å²) in [6.07, 6.45) is 1.42. The molecule has 0 saturated carbocycles. The van der Waals surface area contributed by atoms with Crippen LogP contribution < -0.4 is 5.32 Å². The smallest absolute Gasteiger partial charge is 0.291 e. The van der Waals surface area contributed by atoms with E-state index in [9.17, 15) is 4.79 Å². The summed E-state index contributed by atoms with van der Waals surface area (Å²) >= 11 is 0. The third-order valence-corrected chi connectivity index (χ3v) is 4.59. The Bertz CT molecular complexity index is 892. The van der Waals surface area contributed by atoms with Crippen LogP contribution in [0.15, 0.2) is 54.6 Å². The highest BCUT2D eigenvalue weighted by atomic mass is 16.5. The van der Waals surface area contributed by atoms with E-state index >= 15 is 0 Å². The van der Waals surface area contributed by atoms with Gasteiger partial charge in [0.15, 0.2) is 0 Å². The van der Waals surface area contributed by atoms with E-state index in [4.69, 9.17) is 4.74 Å². The van der Waals surface area contributed by atoms with Gasteiger partial charge in [-0.25, -0.2) is 4.98 Å². The van der Waals surface area contributed by atoms with Gasteiger partial charge in [-0.2, -0.15) is 0 Å². The van der Waals surface area contributed by atoms with Crippen LogP contribution in [0.5, 0.6) is 0 Å². The molecule has 0 spiro atoms. The van der Waals surface area contributed by atoms with Crippen LogP contribution in [0, 0.1) is 0 Å². The average Bonchev–Trinajstić information content (AvgIpc) is 2.69. The van der Waals surface area contributed by atoms with Gasteiger partial charge in [-0.05, 0) is 30.5 Å². The Morgan fingerprint density at radius 3 is 2.36 bits per heavy atom. The van der Waals surface area contributed by atoms with Crippen LogP contribution in [0.25, 0.3) is 11.0 Å². The maximum atomic E-state index is 12.8. The predicted molar refractivity (Wildman–Crippen MR) is 93.0 cm³/mol. The number of rotatable bonds is 3. The molecule has 0 radical (unpaired) electrons. The van der Waals surface area contributed by atoms with Crippen molar-refractivity contribution in [2.45, 2.75) is 18.4 Å².